The summed E-state index contributed by atoms with van der Waals surface area (Å²) < 4.78 is 5.32. The van der Waals surface area contributed by atoms with Crippen LogP contribution in [0.5, 0.6) is 0 Å². The van der Waals surface area contributed by atoms with Gasteiger partial charge in [0.1, 0.15) is 12.6 Å². The molecule has 5 nitrogen and oxygen atoms in total. The van der Waals surface area contributed by atoms with Crippen LogP contribution in [-0.2, 0) is 20.9 Å². The van der Waals surface area contributed by atoms with Gasteiger partial charge in [0, 0.05) is 33.4 Å². The summed E-state index contributed by atoms with van der Waals surface area (Å²) in [6.07, 6.45) is 0.495. The molecular formula is C30H31NO4S2. The predicted octanol–water partition coefficient (Wildman–Crippen LogP) is 6.09. The van der Waals surface area contributed by atoms with Crippen LogP contribution in [0, 0.1) is 5.92 Å². The van der Waals surface area contributed by atoms with Crippen LogP contribution in [0.1, 0.15) is 36.2 Å². The lowest BCUT2D eigenvalue weighted by atomic mass is 10.1. The van der Waals surface area contributed by atoms with E-state index in [0.29, 0.717) is 24.3 Å². The fourth-order valence-electron chi connectivity index (χ4n) is 4.38. The fraction of sp³-hybridized carbons (Fsp3) is 0.300. The molecule has 3 aromatic rings. The van der Waals surface area contributed by atoms with Crippen molar-refractivity contribution < 1.29 is 19.1 Å². The fourth-order valence-corrected chi connectivity index (χ4v) is 6.53. The molecule has 1 amide bonds. The van der Waals surface area contributed by atoms with Crippen LogP contribution in [0.15, 0.2) is 95.9 Å². The summed E-state index contributed by atoms with van der Waals surface area (Å²) in [4.78, 5) is 42.2. The molecule has 37 heavy (non-hydrogen) atoms. The summed E-state index contributed by atoms with van der Waals surface area (Å²) in [6.45, 7) is 4.50. The Balaban J connectivity index is 1.46. The van der Waals surface area contributed by atoms with Crippen LogP contribution in [0.3, 0.4) is 0 Å². The Bertz CT molecular complexity index is 1210. The van der Waals surface area contributed by atoms with Crippen molar-refractivity contribution in [2.45, 2.75) is 42.6 Å². The van der Waals surface area contributed by atoms with Crippen LogP contribution in [-0.4, -0.2) is 45.0 Å². The second kappa shape index (κ2) is 12.5. The third-order valence-electron chi connectivity index (χ3n) is 6.29. The molecule has 0 N–H and O–H groups in total. The van der Waals surface area contributed by atoms with Gasteiger partial charge in [0.15, 0.2) is 0 Å². The lowest BCUT2D eigenvalue weighted by Gasteiger charge is -2.27. The van der Waals surface area contributed by atoms with Gasteiger partial charge in [0.25, 0.3) is 0 Å². The normalized spacial score (nSPS) is 19.8. The van der Waals surface area contributed by atoms with E-state index in [4.69, 9.17) is 4.74 Å². The maximum absolute atomic E-state index is 13.6. The minimum atomic E-state index is -0.672. The van der Waals surface area contributed by atoms with E-state index in [0.717, 1.165) is 22.2 Å². The third kappa shape index (κ3) is 7.27. The molecule has 0 saturated carbocycles. The zero-order chi connectivity index (χ0) is 26.3. The Hall–Kier alpha value is -3.03. The molecule has 1 aliphatic heterocycles. The van der Waals surface area contributed by atoms with E-state index in [2.05, 4.69) is 6.92 Å². The maximum atomic E-state index is 13.6. The molecule has 0 unspecified atom stereocenters. The van der Waals surface area contributed by atoms with Gasteiger partial charge >= 0.3 is 5.97 Å². The number of carbonyl (C=O) groups is 3. The number of hydrogen-bond acceptors (Lipinski definition) is 6. The number of ether oxygens (including phenoxy) is 1. The highest BCUT2D eigenvalue weighted by Crippen LogP contribution is 2.43. The van der Waals surface area contributed by atoms with E-state index in [9.17, 15) is 14.4 Å². The molecule has 0 radical (unpaired) electrons. The monoisotopic (exact) mass is 533 g/mol. The molecule has 3 atom stereocenters. The molecule has 1 fully saturated rings. The Morgan fingerprint density at radius 1 is 0.946 bits per heavy atom. The number of rotatable bonds is 9. The maximum Gasteiger partial charge on any atom is 0.329 e. The van der Waals surface area contributed by atoms with Gasteiger partial charge in [-0.25, -0.2) is 4.79 Å². The molecule has 1 saturated heterocycles. The van der Waals surface area contributed by atoms with Crippen molar-refractivity contribution in [3.63, 3.8) is 0 Å². The number of carbonyl (C=O) groups excluding carboxylic acids is 3. The van der Waals surface area contributed by atoms with Gasteiger partial charge in [-0.15, -0.1) is 11.8 Å². The Kier molecular flexibility index (Phi) is 9.11. The number of thioether (sulfide) groups is 2. The third-order valence-corrected chi connectivity index (χ3v) is 8.75. The molecule has 7 heteroatoms. The van der Waals surface area contributed by atoms with Crippen molar-refractivity contribution in [1.29, 1.82) is 0 Å². The highest BCUT2D eigenvalue weighted by Gasteiger charge is 2.48. The molecule has 0 spiro atoms. The van der Waals surface area contributed by atoms with E-state index < -0.39 is 17.9 Å². The van der Waals surface area contributed by atoms with Crippen molar-refractivity contribution in [2.75, 3.05) is 12.3 Å². The van der Waals surface area contributed by atoms with E-state index in [-0.39, 0.29) is 22.4 Å². The summed E-state index contributed by atoms with van der Waals surface area (Å²) in [6, 6.07) is 27.9. The summed E-state index contributed by atoms with van der Waals surface area (Å²) in [5.41, 5.74) is 1.51. The predicted molar refractivity (Wildman–Crippen MR) is 149 cm³/mol. The Labute approximate surface area is 227 Å². The van der Waals surface area contributed by atoms with Gasteiger partial charge in [0.05, 0.1) is 0 Å². The van der Waals surface area contributed by atoms with Gasteiger partial charge in [-0.05, 0) is 31.0 Å². The van der Waals surface area contributed by atoms with E-state index in [1.165, 1.54) is 0 Å². The molecule has 0 aliphatic carbocycles. The first kappa shape index (κ1) is 27.0. The molecule has 0 bridgehead atoms. The van der Waals surface area contributed by atoms with Crippen LogP contribution < -0.4 is 0 Å². The summed E-state index contributed by atoms with van der Waals surface area (Å²) in [5.74, 6) is -0.606. The van der Waals surface area contributed by atoms with Crippen LogP contribution >= 0.6 is 23.5 Å². The van der Waals surface area contributed by atoms with Gasteiger partial charge < -0.3 is 9.64 Å². The van der Waals surface area contributed by atoms with Crippen molar-refractivity contribution >= 4 is 40.5 Å². The summed E-state index contributed by atoms with van der Waals surface area (Å²) in [7, 11) is 0. The second-order valence-corrected chi connectivity index (χ2v) is 12.2. The molecule has 3 aromatic carbocycles. The molecule has 1 aliphatic rings. The number of esters is 1. The summed E-state index contributed by atoms with van der Waals surface area (Å²) >= 11 is 2.81. The van der Waals surface area contributed by atoms with Crippen molar-refractivity contribution in [3.8, 4) is 0 Å². The summed E-state index contributed by atoms with van der Waals surface area (Å²) in [5, 5.41) is -0.0648. The topological polar surface area (TPSA) is 63.7 Å². The van der Waals surface area contributed by atoms with Gasteiger partial charge in [-0.1, -0.05) is 97.5 Å². The van der Waals surface area contributed by atoms with Gasteiger partial charge in [-0.2, -0.15) is 0 Å². The highest BCUT2D eigenvalue weighted by molar-refractivity contribution is 8.14. The van der Waals surface area contributed by atoms with Crippen molar-refractivity contribution in [3.05, 3.63) is 102 Å². The average Bonchev–Trinajstić information content (AvgIpc) is 3.28. The molecule has 192 valence electrons. The Morgan fingerprint density at radius 2 is 1.54 bits per heavy atom. The van der Waals surface area contributed by atoms with E-state index in [1.807, 2.05) is 85.8 Å². The zero-order valence-corrected chi connectivity index (χ0v) is 22.7. The lowest BCUT2D eigenvalue weighted by Crippen LogP contribution is -2.44. The number of amides is 1. The minimum Gasteiger partial charge on any atom is -0.459 e. The van der Waals surface area contributed by atoms with Crippen molar-refractivity contribution in [1.82, 2.24) is 4.90 Å². The van der Waals surface area contributed by atoms with Crippen molar-refractivity contribution in [2.24, 2.45) is 5.92 Å². The molecule has 1 heterocycles. The van der Waals surface area contributed by atoms with Crippen LogP contribution in [0.2, 0.25) is 0 Å². The van der Waals surface area contributed by atoms with Crippen LogP contribution in [0.4, 0.5) is 0 Å². The zero-order valence-electron chi connectivity index (χ0n) is 21.0. The van der Waals surface area contributed by atoms with E-state index >= 15 is 0 Å². The number of benzene rings is 3. The van der Waals surface area contributed by atoms with Gasteiger partial charge in [-0.3, -0.25) is 9.59 Å². The quantitative estimate of drug-likeness (QED) is 0.310. The molecule has 0 aromatic heterocycles. The standard InChI is InChI=1S/C30H31NO4S2/c1-22(20-36-29(34)24-14-8-4-9-15-24)27(32)31-21-30(2,37-25-16-10-5-11-17-25)18-26(31)28(33)35-19-23-12-6-3-7-13-23/h3-17,22,26H,18-21H2,1-2H3/t22-,26-,30-/m0/s1. The largest absolute Gasteiger partial charge is 0.459 e. The first-order valence-corrected chi connectivity index (χ1v) is 14.1. The van der Waals surface area contributed by atoms with E-state index in [1.54, 1.807) is 28.8 Å². The molecule has 4 rings (SSSR count). The molecular weight excluding hydrogens is 502 g/mol. The first-order chi connectivity index (χ1) is 17.8. The number of nitrogens with zero attached hydrogens (tertiary/aromatic N) is 1. The number of hydrogen-bond donors (Lipinski definition) is 0. The number of likely N-dealkylation sites (tertiary alicyclic amines) is 1. The smallest absolute Gasteiger partial charge is 0.329 e. The Morgan fingerprint density at radius 3 is 2.19 bits per heavy atom. The highest BCUT2D eigenvalue weighted by atomic mass is 32.2. The SMILES string of the molecule is C[C@@H](CSC(=O)c1ccccc1)C(=O)N1C[C@@](C)(Sc2ccccc2)C[C@H]1C(=O)OCc1ccccc1. The average molecular weight is 534 g/mol. The van der Waals surface area contributed by atoms with Crippen LogP contribution in [0.25, 0.3) is 0 Å². The first-order valence-electron chi connectivity index (χ1n) is 12.3. The van der Waals surface area contributed by atoms with Gasteiger partial charge in [0.2, 0.25) is 11.0 Å². The lowest BCUT2D eigenvalue weighted by molar-refractivity contribution is -0.155. The second-order valence-electron chi connectivity index (χ2n) is 9.51. The minimum absolute atomic E-state index is 0.0648.